The normalized spacial score (nSPS) is 12.6. The second-order valence-electron chi connectivity index (χ2n) is 14.5. The summed E-state index contributed by atoms with van der Waals surface area (Å²) in [6.45, 7) is 14.4. The number of aromatic amines is 2. The van der Waals surface area contributed by atoms with E-state index in [1.54, 1.807) is 0 Å². The van der Waals surface area contributed by atoms with Gasteiger partial charge in [-0.3, -0.25) is 14.4 Å². The van der Waals surface area contributed by atoms with Crippen LogP contribution in [0.15, 0.2) is 42.5 Å². The van der Waals surface area contributed by atoms with Gasteiger partial charge < -0.3 is 24.2 Å². The van der Waals surface area contributed by atoms with Crippen LogP contribution >= 0.6 is 0 Å². The molecule has 1 aromatic carbocycles. The van der Waals surface area contributed by atoms with Crippen molar-refractivity contribution in [2.24, 2.45) is 0 Å². The third kappa shape index (κ3) is 8.08. The van der Waals surface area contributed by atoms with E-state index in [0.29, 0.717) is 12.8 Å². The first-order valence-electron chi connectivity index (χ1n) is 20.0. The fourth-order valence-corrected chi connectivity index (χ4v) is 8.36. The Kier molecular flexibility index (Phi) is 12.6. The molecule has 4 aromatic rings. The molecule has 57 heavy (non-hydrogen) atoms. The molecule has 6 rings (SSSR count). The van der Waals surface area contributed by atoms with E-state index < -0.39 is 0 Å². The highest BCUT2D eigenvalue weighted by Crippen LogP contribution is 2.46. The van der Waals surface area contributed by atoms with E-state index in [9.17, 15) is 14.4 Å². The summed E-state index contributed by atoms with van der Waals surface area (Å²) in [5.41, 5.74) is 18.4. The summed E-state index contributed by atoms with van der Waals surface area (Å²) >= 11 is 0. The summed E-state index contributed by atoms with van der Waals surface area (Å²) in [5.74, 6) is -0.909. The molecule has 2 N–H and O–H groups in total. The molecular formula is C47H54N4O6. The Hall–Kier alpha value is -5.77. The molecule has 2 aliphatic rings. The Bertz CT molecular complexity index is 2340. The smallest absolute Gasteiger partial charge is 0.305 e. The number of methoxy groups -OCH3 is 2. The van der Waals surface area contributed by atoms with Crippen molar-refractivity contribution in [1.29, 1.82) is 0 Å². The van der Waals surface area contributed by atoms with E-state index in [1.807, 2.05) is 18.2 Å². The quantitative estimate of drug-likeness (QED) is 0.101. The Morgan fingerprint density at radius 2 is 1.09 bits per heavy atom. The lowest BCUT2D eigenvalue weighted by Gasteiger charge is -2.16. The summed E-state index contributed by atoms with van der Waals surface area (Å²) in [6, 6.07) is 14.4. The maximum absolute atomic E-state index is 12.5. The van der Waals surface area contributed by atoms with E-state index in [2.05, 4.69) is 75.8 Å². The van der Waals surface area contributed by atoms with Crippen LogP contribution in [-0.2, 0) is 48.0 Å². The van der Waals surface area contributed by atoms with Gasteiger partial charge in [0, 0.05) is 47.4 Å². The Balaban J connectivity index is 1.85. The van der Waals surface area contributed by atoms with Crippen LogP contribution in [0.1, 0.15) is 124 Å². The van der Waals surface area contributed by atoms with Gasteiger partial charge in [0.2, 0.25) is 0 Å². The van der Waals surface area contributed by atoms with Gasteiger partial charge in [0.25, 0.3) is 0 Å². The Morgan fingerprint density at radius 3 is 1.51 bits per heavy atom. The molecule has 10 nitrogen and oxygen atoms in total. The second-order valence-corrected chi connectivity index (χ2v) is 14.5. The standard InChI is InChI=1S/C47H54N4O6/c1-10-30-32(12-3)46-45(36-17-15-14-16-29(36)25-57-28(7)52)47-33(13-4)31(11-2)40(51-47)23-38-27(6)35(19-21-44(54)56-9)42(49-38)24-41-34(18-20-43(53)55-8)26(5)37(48-41)22-39(30)50-46/h14-17,22-24,48-49H,10-13,18-21,25H2,1-9H3. The highest BCUT2D eigenvalue weighted by atomic mass is 16.5. The summed E-state index contributed by atoms with van der Waals surface area (Å²) in [7, 11) is 2.82. The summed E-state index contributed by atoms with van der Waals surface area (Å²) in [4.78, 5) is 55.5. The number of hydrogen-bond acceptors (Lipinski definition) is 8. The number of benzene rings is 1. The lowest BCUT2D eigenvalue weighted by Crippen LogP contribution is -2.02. The monoisotopic (exact) mass is 770 g/mol. The van der Waals surface area contributed by atoms with Crippen molar-refractivity contribution in [1.82, 2.24) is 19.9 Å². The summed E-state index contributed by atoms with van der Waals surface area (Å²) in [5, 5.41) is 0. The zero-order valence-electron chi connectivity index (χ0n) is 34.7. The molecule has 3 aromatic heterocycles. The largest absolute Gasteiger partial charge is 0.469 e. The zero-order chi connectivity index (χ0) is 41.0. The SMILES string of the molecule is CCC1=C(CC)c2nc1cc1[nH]c(cc3[nH]c(cc4nc(c2-c2ccccc2COC(C)=O)C(CC)=C4CC)c(C)c3CCC(=O)OC)c(CCC(=O)OC)c1C. The summed E-state index contributed by atoms with van der Waals surface area (Å²) < 4.78 is 15.7. The number of carbonyl (C=O) groups is 3. The molecule has 2 aliphatic heterocycles. The number of fused-ring (bicyclic) bond motifs is 8. The van der Waals surface area contributed by atoms with E-state index in [1.165, 1.54) is 21.1 Å². The molecular weight excluding hydrogens is 717 g/mol. The van der Waals surface area contributed by atoms with Crippen molar-refractivity contribution in [3.63, 3.8) is 0 Å². The van der Waals surface area contributed by atoms with Crippen LogP contribution in [0, 0.1) is 13.8 Å². The predicted octanol–water partition coefficient (Wildman–Crippen LogP) is 10.3. The van der Waals surface area contributed by atoms with Crippen molar-refractivity contribution in [2.75, 3.05) is 14.2 Å². The van der Waals surface area contributed by atoms with Gasteiger partial charge in [-0.05, 0) is 126 Å². The predicted molar refractivity (Wildman–Crippen MR) is 227 cm³/mol. The molecule has 5 heterocycles. The van der Waals surface area contributed by atoms with E-state index in [-0.39, 0.29) is 37.4 Å². The Labute approximate surface area is 334 Å². The van der Waals surface area contributed by atoms with E-state index in [0.717, 1.165) is 132 Å². The highest BCUT2D eigenvalue weighted by Gasteiger charge is 2.29. The van der Waals surface area contributed by atoms with Crippen molar-refractivity contribution in [3.05, 3.63) is 93.1 Å². The number of ether oxygens (including phenoxy) is 3. The van der Waals surface area contributed by atoms with Crippen molar-refractivity contribution in [3.8, 4) is 11.1 Å². The minimum Gasteiger partial charge on any atom is -0.469 e. The molecule has 0 radical (unpaired) electrons. The van der Waals surface area contributed by atoms with E-state index in [4.69, 9.17) is 24.2 Å². The first kappa shape index (κ1) is 40.9. The average Bonchev–Trinajstić information content (AvgIpc) is 3.91. The number of aryl methyl sites for hydroxylation is 4. The minimum absolute atomic E-state index is 0.118. The average molecular weight is 771 g/mol. The maximum atomic E-state index is 12.5. The molecule has 0 fully saturated rings. The molecule has 0 saturated heterocycles. The molecule has 0 unspecified atom stereocenters. The van der Waals surface area contributed by atoms with Gasteiger partial charge in [-0.15, -0.1) is 0 Å². The topological polar surface area (TPSA) is 136 Å². The van der Waals surface area contributed by atoms with Gasteiger partial charge in [0.15, 0.2) is 0 Å². The van der Waals surface area contributed by atoms with Crippen LogP contribution in [0.5, 0.6) is 0 Å². The molecule has 0 atom stereocenters. The number of H-pyrrole nitrogens is 2. The third-order valence-corrected chi connectivity index (χ3v) is 11.4. The first-order chi connectivity index (χ1) is 27.5. The first-order valence-corrected chi connectivity index (χ1v) is 20.0. The molecule has 8 bridgehead atoms. The van der Waals surface area contributed by atoms with Crippen LogP contribution in [0.4, 0.5) is 0 Å². The van der Waals surface area contributed by atoms with Gasteiger partial charge in [-0.2, -0.15) is 0 Å². The number of carbonyl (C=O) groups excluding carboxylic acids is 3. The highest BCUT2D eigenvalue weighted by molar-refractivity contribution is 6.03. The number of nitrogens with one attached hydrogen (secondary N) is 2. The van der Waals surface area contributed by atoms with Crippen molar-refractivity contribution >= 4 is 62.3 Å². The molecule has 10 heteroatoms. The van der Waals surface area contributed by atoms with Crippen LogP contribution in [0.2, 0.25) is 0 Å². The van der Waals surface area contributed by atoms with Crippen LogP contribution in [0.3, 0.4) is 0 Å². The molecule has 0 aliphatic carbocycles. The minimum atomic E-state index is -0.347. The molecule has 0 spiro atoms. The zero-order valence-corrected chi connectivity index (χ0v) is 34.7. The lowest BCUT2D eigenvalue weighted by atomic mass is 9.89. The van der Waals surface area contributed by atoms with E-state index >= 15 is 0 Å². The lowest BCUT2D eigenvalue weighted by molar-refractivity contribution is -0.142. The molecule has 0 saturated carbocycles. The number of rotatable bonds is 13. The number of esters is 3. The van der Waals surface area contributed by atoms with Gasteiger partial charge in [-0.25, -0.2) is 9.97 Å². The van der Waals surface area contributed by atoms with Crippen LogP contribution in [-0.4, -0.2) is 52.1 Å². The Morgan fingerprint density at radius 1 is 0.632 bits per heavy atom. The second kappa shape index (κ2) is 17.6. The fraction of sp³-hybridized carbons (Fsp3) is 0.383. The fourth-order valence-electron chi connectivity index (χ4n) is 8.36. The van der Waals surface area contributed by atoms with Gasteiger partial charge in [-0.1, -0.05) is 52.0 Å². The number of hydrogen-bond donors (Lipinski definition) is 2. The maximum Gasteiger partial charge on any atom is 0.305 e. The van der Waals surface area contributed by atoms with Crippen molar-refractivity contribution < 1.29 is 28.6 Å². The van der Waals surface area contributed by atoms with Gasteiger partial charge >= 0.3 is 17.9 Å². The molecule has 0 amide bonds. The third-order valence-electron chi connectivity index (χ3n) is 11.4. The number of allylic oxidation sites excluding steroid dienone is 4. The van der Waals surface area contributed by atoms with Gasteiger partial charge in [0.05, 0.1) is 37.0 Å². The number of nitrogens with zero attached hydrogens (tertiary/aromatic N) is 2. The van der Waals surface area contributed by atoms with Crippen molar-refractivity contribution in [2.45, 2.75) is 106 Å². The van der Waals surface area contributed by atoms with Crippen LogP contribution < -0.4 is 0 Å². The van der Waals surface area contributed by atoms with Crippen LogP contribution in [0.25, 0.3) is 55.5 Å². The summed E-state index contributed by atoms with van der Waals surface area (Å²) in [6.07, 6.45) is 4.43. The number of aromatic nitrogens is 4. The molecule has 298 valence electrons. The van der Waals surface area contributed by atoms with Gasteiger partial charge in [0.1, 0.15) is 6.61 Å².